The van der Waals surface area contributed by atoms with Gasteiger partial charge in [-0.05, 0) is 19.2 Å². The molecule has 2 fully saturated rings. The van der Waals surface area contributed by atoms with Crippen LogP contribution in [0.1, 0.15) is 0 Å². The molecular formula is C16H25N5O2. The minimum Gasteiger partial charge on any atom is -0.379 e. The van der Waals surface area contributed by atoms with Gasteiger partial charge in [0.1, 0.15) is 0 Å². The molecule has 0 bridgehead atoms. The van der Waals surface area contributed by atoms with Gasteiger partial charge in [0.2, 0.25) is 0 Å². The number of para-hydroxylation sites is 2. The summed E-state index contributed by atoms with van der Waals surface area (Å²) < 4.78 is 5.28. The summed E-state index contributed by atoms with van der Waals surface area (Å²) >= 11 is 0. The number of rotatable bonds is 3. The van der Waals surface area contributed by atoms with Crippen molar-refractivity contribution < 1.29 is 9.53 Å². The Morgan fingerprint density at radius 1 is 1.04 bits per heavy atom. The first-order valence-corrected chi connectivity index (χ1v) is 8.15. The van der Waals surface area contributed by atoms with E-state index in [0.717, 1.165) is 37.6 Å². The molecule has 2 heterocycles. The highest BCUT2D eigenvalue weighted by Gasteiger charge is 2.18. The smallest absolute Gasteiger partial charge is 0.333 e. The minimum atomic E-state index is -0.200. The number of anilines is 2. The summed E-state index contributed by atoms with van der Waals surface area (Å²) in [6.45, 7) is 6.75. The van der Waals surface area contributed by atoms with Crippen LogP contribution in [0.4, 0.5) is 16.2 Å². The maximum Gasteiger partial charge on any atom is 0.333 e. The molecule has 0 radical (unpaired) electrons. The Hall–Kier alpha value is -1.83. The van der Waals surface area contributed by atoms with Gasteiger partial charge < -0.3 is 19.9 Å². The number of likely N-dealkylation sites (N-methyl/N-ethyl adjacent to an activating group) is 1. The topological polar surface area (TPSA) is 60.1 Å². The fourth-order valence-corrected chi connectivity index (χ4v) is 2.87. The zero-order valence-electron chi connectivity index (χ0n) is 13.6. The molecule has 0 unspecified atom stereocenters. The average molecular weight is 319 g/mol. The van der Waals surface area contributed by atoms with E-state index in [1.165, 1.54) is 0 Å². The number of urea groups is 1. The maximum atomic E-state index is 12.2. The van der Waals surface area contributed by atoms with Crippen molar-refractivity contribution in [2.24, 2.45) is 0 Å². The number of amides is 2. The van der Waals surface area contributed by atoms with Crippen molar-refractivity contribution in [3.05, 3.63) is 24.3 Å². The van der Waals surface area contributed by atoms with Crippen molar-refractivity contribution >= 4 is 17.4 Å². The van der Waals surface area contributed by atoms with E-state index in [0.29, 0.717) is 26.3 Å². The molecular weight excluding hydrogens is 294 g/mol. The molecule has 23 heavy (non-hydrogen) atoms. The van der Waals surface area contributed by atoms with E-state index >= 15 is 0 Å². The second-order valence-electron chi connectivity index (χ2n) is 5.97. The van der Waals surface area contributed by atoms with Gasteiger partial charge in [0.15, 0.2) is 0 Å². The fraction of sp³-hybridized carbons (Fsp3) is 0.562. The van der Waals surface area contributed by atoms with Crippen molar-refractivity contribution in [3.63, 3.8) is 0 Å². The van der Waals surface area contributed by atoms with Crippen LogP contribution in [0.15, 0.2) is 24.3 Å². The Labute approximate surface area is 137 Å². The van der Waals surface area contributed by atoms with Crippen LogP contribution in [-0.4, -0.2) is 75.5 Å². The van der Waals surface area contributed by atoms with Gasteiger partial charge in [-0.15, -0.1) is 0 Å². The lowest BCUT2D eigenvalue weighted by atomic mass is 10.2. The highest BCUT2D eigenvalue weighted by atomic mass is 16.5. The second-order valence-corrected chi connectivity index (χ2v) is 5.97. The Morgan fingerprint density at radius 3 is 2.48 bits per heavy atom. The molecule has 7 heteroatoms. The summed E-state index contributed by atoms with van der Waals surface area (Å²) in [5, 5.41) is 4.86. The van der Waals surface area contributed by atoms with Crippen LogP contribution in [0.5, 0.6) is 0 Å². The van der Waals surface area contributed by atoms with E-state index in [4.69, 9.17) is 4.74 Å². The maximum absolute atomic E-state index is 12.2. The third-order valence-electron chi connectivity index (χ3n) is 4.27. The van der Waals surface area contributed by atoms with Crippen LogP contribution in [-0.2, 0) is 4.74 Å². The Balaban J connectivity index is 1.62. The second kappa shape index (κ2) is 7.63. The van der Waals surface area contributed by atoms with Gasteiger partial charge in [-0.25, -0.2) is 9.80 Å². The van der Waals surface area contributed by atoms with Gasteiger partial charge in [-0.1, -0.05) is 12.1 Å². The third-order valence-corrected chi connectivity index (χ3v) is 4.27. The molecule has 3 rings (SSSR count). The summed E-state index contributed by atoms with van der Waals surface area (Å²) in [5.41, 5.74) is 4.81. The molecule has 0 saturated carbocycles. The van der Waals surface area contributed by atoms with Crippen LogP contribution in [0.25, 0.3) is 0 Å². The van der Waals surface area contributed by atoms with Crippen LogP contribution in [0, 0.1) is 0 Å². The Morgan fingerprint density at radius 2 is 1.74 bits per heavy atom. The first kappa shape index (κ1) is 16.0. The van der Waals surface area contributed by atoms with E-state index < -0.39 is 0 Å². The molecule has 0 aliphatic carbocycles. The zero-order valence-corrected chi connectivity index (χ0v) is 13.6. The van der Waals surface area contributed by atoms with Gasteiger partial charge in [-0.3, -0.25) is 5.43 Å². The lowest BCUT2D eigenvalue weighted by Crippen LogP contribution is -2.50. The quantitative estimate of drug-likeness (QED) is 0.863. The lowest BCUT2D eigenvalue weighted by molar-refractivity contribution is 0.0207. The van der Waals surface area contributed by atoms with Gasteiger partial charge in [-0.2, -0.15) is 0 Å². The monoisotopic (exact) mass is 319 g/mol. The number of piperazine rings is 1. The van der Waals surface area contributed by atoms with E-state index in [1.54, 1.807) is 0 Å². The number of morpholine rings is 1. The van der Waals surface area contributed by atoms with Crippen molar-refractivity contribution in [2.75, 3.05) is 69.7 Å². The summed E-state index contributed by atoms with van der Waals surface area (Å²) in [6, 6.07) is 7.78. The van der Waals surface area contributed by atoms with E-state index in [1.807, 2.05) is 23.2 Å². The molecule has 2 N–H and O–H groups in total. The molecule has 126 valence electrons. The minimum absolute atomic E-state index is 0.200. The molecule has 1 aromatic carbocycles. The van der Waals surface area contributed by atoms with Gasteiger partial charge >= 0.3 is 6.03 Å². The number of carbonyl (C=O) groups excluding carboxylic acids is 1. The van der Waals surface area contributed by atoms with Gasteiger partial charge in [0.05, 0.1) is 24.6 Å². The molecule has 2 amide bonds. The number of hydrogen-bond donors (Lipinski definition) is 2. The molecule has 7 nitrogen and oxygen atoms in total. The molecule has 2 aliphatic rings. The lowest BCUT2D eigenvalue weighted by Gasteiger charge is -2.35. The molecule has 0 atom stereocenters. The number of ether oxygens (including phenoxy) is 1. The summed E-state index contributed by atoms with van der Waals surface area (Å²) in [7, 11) is 2.14. The van der Waals surface area contributed by atoms with Crippen LogP contribution in [0.3, 0.4) is 0 Å². The molecule has 0 aromatic heterocycles. The van der Waals surface area contributed by atoms with Crippen LogP contribution in [0.2, 0.25) is 0 Å². The third kappa shape index (κ3) is 4.34. The number of hydrazine groups is 1. The van der Waals surface area contributed by atoms with Crippen LogP contribution >= 0.6 is 0 Å². The highest BCUT2D eigenvalue weighted by molar-refractivity contribution is 5.93. The molecule has 2 aliphatic heterocycles. The predicted molar refractivity (Wildman–Crippen MR) is 90.7 cm³/mol. The van der Waals surface area contributed by atoms with E-state index in [9.17, 15) is 4.79 Å². The standard InChI is InChI=1S/C16H25N5O2/c1-19-6-8-20(9-7-19)15-5-3-2-4-14(15)17-16(22)18-21-10-12-23-13-11-21/h2-5H,6-13H2,1H3,(H2,17,18,22). The van der Waals surface area contributed by atoms with Crippen molar-refractivity contribution in [3.8, 4) is 0 Å². The summed E-state index contributed by atoms with van der Waals surface area (Å²) in [4.78, 5) is 16.9. The van der Waals surface area contributed by atoms with Gasteiger partial charge in [0.25, 0.3) is 0 Å². The van der Waals surface area contributed by atoms with Gasteiger partial charge in [0, 0.05) is 39.3 Å². The zero-order chi connectivity index (χ0) is 16.1. The molecule has 0 spiro atoms. The predicted octanol–water partition coefficient (Wildman–Crippen LogP) is 0.807. The molecule has 1 aromatic rings. The first-order valence-electron chi connectivity index (χ1n) is 8.15. The Kier molecular flexibility index (Phi) is 5.32. The van der Waals surface area contributed by atoms with Crippen molar-refractivity contribution in [1.29, 1.82) is 0 Å². The Bertz CT molecular complexity index is 525. The number of nitrogens with zero attached hydrogens (tertiary/aromatic N) is 3. The summed E-state index contributed by atoms with van der Waals surface area (Å²) in [5.74, 6) is 0. The highest BCUT2D eigenvalue weighted by Crippen LogP contribution is 2.26. The van der Waals surface area contributed by atoms with Crippen molar-refractivity contribution in [1.82, 2.24) is 15.3 Å². The first-order chi connectivity index (χ1) is 11.2. The van der Waals surface area contributed by atoms with Crippen LogP contribution < -0.4 is 15.6 Å². The number of nitrogens with one attached hydrogen (secondary N) is 2. The van der Waals surface area contributed by atoms with E-state index in [2.05, 4.69) is 33.7 Å². The number of carbonyl (C=O) groups is 1. The normalized spacial score (nSPS) is 20.3. The SMILES string of the molecule is CN1CCN(c2ccccc2NC(=O)NN2CCOCC2)CC1. The average Bonchev–Trinajstić information content (AvgIpc) is 2.57. The number of hydrogen-bond acceptors (Lipinski definition) is 5. The fourth-order valence-electron chi connectivity index (χ4n) is 2.87. The largest absolute Gasteiger partial charge is 0.379 e. The number of benzene rings is 1. The molecule has 2 saturated heterocycles. The summed E-state index contributed by atoms with van der Waals surface area (Å²) in [6.07, 6.45) is 0. The van der Waals surface area contributed by atoms with E-state index in [-0.39, 0.29) is 6.03 Å². The van der Waals surface area contributed by atoms with Crippen molar-refractivity contribution in [2.45, 2.75) is 0 Å².